The molecule has 0 aromatic heterocycles. The highest BCUT2D eigenvalue weighted by molar-refractivity contribution is 9.09. The van der Waals surface area contributed by atoms with Crippen LogP contribution in [0.4, 0.5) is 0 Å². The molecule has 0 atom stereocenters. The molecule has 1 nitrogen and oxygen atoms in total. The predicted octanol–water partition coefficient (Wildman–Crippen LogP) is 4.90. The van der Waals surface area contributed by atoms with Crippen LogP contribution in [0.15, 0.2) is 54.6 Å². The van der Waals surface area contributed by atoms with E-state index in [9.17, 15) is 0 Å². The van der Waals surface area contributed by atoms with Gasteiger partial charge in [-0.15, -0.1) is 0 Å². The molecular formula is C16H17BrO. The van der Waals surface area contributed by atoms with Crippen LogP contribution in [-0.4, -0.2) is 0 Å². The van der Waals surface area contributed by atoms with Crippen molar-refractivity contribution >= 4 is 15.9 Å². The molecule has 2 rings (SSSR count). The molecule has 0 spiro atoms. The second kappa shape index (κ2) is 5.57. The molecule has 2 heteroatoms. The van der Waals surface area contributed by atoms with Gasteiger partial charge in [0.05, 0.1) is 0 Å². The Hall–Kier alpha value is -1.28. The fourth-order valence-corrected chi connectivity index (χ4v) is 1.94. The van der Waals surface area contributed by atoms with E-state index in [0.717, 1.165) is 5.75 Å². The number of hydrogen-bond acceptors (Lipinski definition) is 1. The Balaban J connectivity index is 2.06. The van der Waals surface area contributed by atoms with E-state index in [1.165, 1.54) is 11.1 Å². The summed E-state index contributed by atoms with van der Waals surface area (Å²) in [6, 6.07) is 18.4. The zero-order valence-electron chi connectivity index (χ0n) is 10.7. The predicted molar refractivity (Wildman–Crippen MR) is 79.2 cm³/mol. The fraction of sp³-hybridized carbons (Fsp3) is 0.250. The standard InChI is InChI=1S/C16H17BrO/c1-16(2,17)14-9-6-10-15(11-14)18-12-13-7-4-3-5-8-13/h3-11H,12H2,1-2H3. The zero-order valence-corrected chi connectivity index (χ0v) is 12.3. The minimum atomic E-state index is -0.0287. The molecule has 0 aliphatic heterocycles. The highest BCUT2D eigenvalue weighted by Gasteiger charge is 2.15. The molecule has 94 valence electrons. The molecule has 0 N–H and O–H groups in total. The SMILES string of the molecule is CC(C)(Br)c1cccc(OCc2ccccc2)c1. The summed E-state index contributed by atoms with van der Waals surface area (Å²) >= 11 is 3.66. The lowest BCUT2D eigenvalue weighted by atomic mass is 10.0. The van der Waals surface area contributed by atoms with Gasteiger partial charge >= 0.3 is 0 Å². The third-order valence-corrected chi connectivity index (χ3v) is 3.23. The van der Waals surface area contributed by atoms with Gasteiger partial charge in [0.2, 0.25) is 0 Å². The van der Waals surface area contributed by atoms with Crippen molar-refractivity contribution in [3.05, 3.63) is 65.7 Å². The number of alkyl halides is 1. The highest BCUT2D eigenvalue weighted by atomic mass is 79.9. The van der Waals surface area contributed by atoms with Crippen molar-refractivity contribution in [1.82, 2.24) is 0 Å². The van der Waals surface area contributed by atoms with E-state index in [0.29, 0.717) is 6.61 Å². The molecular weight excluding hydrogens is 288 g/mol. The first kappa shape index (κ1) is 13.2. The van der Waals surface area contributed by atoms with Gasteiger partial charge in [-0.3, -0.25) is 0 Å². The monoisotopic (exact) mass is 304 g/mol. The van der Waals surface area contributed by atoms with Crippen molar-refractivity contribution in [2.75, 3.05) is 0 Å². The van der Waals surface area contributed by atoms with Crippen LogP contribution in [0.1, 0.15) is 25.0 Å². The van der Waals surface area contributed by atoms with Gasteiger partial charge in [0.1, 0.15) is 12.4 Å². The molecule has 2 aromatic rings. The molecule has 0 heterocycles. The third-order valence-electron chi connectivity index (χ3n) is 2.77. The molecule has 2 aromatic carbocycles. The normalized spacial score (nSPS) is 11.3. The molecule has 0 saturated heterocycles. The van der Waals surface area contributed by atoms with Crippen molar-refractivity contribution in [1.29, 1.82) is 0 Å². The molecule has 0 aliphatic rings. The van der Waals surface area contributed by atoms with Gasteiger partial charge in [0.25, 0.3) is 0 Å². The van der Waals surface area contributed by atoms with Gasteiger partial charge < -0.3 is 4.74 Å². The number of ether oxygens (including phenoxy) is 1. The highest BCUT2D eigenvalue weighted by Crippen LogP contribution is 2.31. The lowest BCUT2D eigenvalue weighted by Gasteiger charge is -2.17. The Morgan fingerprint density at radius 3 is 2.39 bits per heavy atom. The zero-order chi connectivity index (χ0) is 13.0. The molecule has 0 amide bonds. The van der Waals surface area contributed by atoms with Gasteiger partial charge in [-0.05, 0) is 37.1 Å². The van der Waals surface area contributed by atoms with Crippen molar-refractivity contribution in [3.63, 3.8) is 0 Å². The third kappa shape index (κ3) is 3.61. The smallest absolute Gasteiger partial charge is 0.120 e. The Morgan fingerprint density at radius 2 is 1.72 bits per heavy atom. The van der Waals surface area contributed by atoms with Crippen LogP contribution < -0.4 is 4.74 Å². The largest absolute Gasteiger partial charge is 0.489 e. The van der Waals surface area contributed by atoms with E-state index < -0.39 is 0 Å². The first-order chi connectivity index (χ1) is 8.55. The summed E-state index contributed by atoms with van der Waals surface area (Å²) in [6.45, 7) is 4.86. The first-order valence-corrected chi connectivity index (χ1v) is 6.81. The van der Waals surface area contributed by atoms with Gasteiger partial charge in [-0.1, -0.05) is 58.4 Å². The average Bonchev–Trinajstić information content (AvgIpc) is 2.37. The quantitative estimate of drug-likeness (QED) is 0.730. The van der Waals surface area contributed by atoms with E-state index in [2.05, 4.69) is 54.0 Å². The van der Waals surface area contributed by atoms with E-state index in [1.807, 2.05) is 30.3 Å². The molecule has 0 unspecified atom stereocenters. The van der Waals surface area contributed by atoms with Crippen molar-refractivity contribution in [3.8, 4) is 5.75 Å². The molecule has 0 saturated carbocycles. The van der Waals surface area contributed by atoms with E-state index in [-0.39, 0.29) is 4.32 Å². The van der Waals surface area contributed by atoms with Gasteiger partial charge in [-0.25, -0.2) is 0 Å². The second-order valence-electron chi connectivity index (χ2n) is 4.77. The fourth-order valence-electron chi connectivity index (χ4n) is 1.70. The van der Waals surface area contributed by atoms with Crippen molar-refractivity contribution in [2.45, 2.75) is 24.8 Å². The van der Waals surface area contributed by atoms with E-state index in [4.69, 9.17) is 4.74 Å². The molecule has 0 aliphatic carbocycles. The molecule has 0 fully saturated rings. The number of halogens is 1. The Labute approximate surface area is 117 Å². The lowest BCUT2D eigenvalue weighted by molar-refractivity contribution is 0.305. The van der Waals surface area contributed by atoms with Crippen LogP contribution in [0.3, 0.4) is 0 Å². The Kier molecular flexibility index (Phi) is 4.07. The average molecular weight is 305 g/mol. The Bertz CT molecular complexity index is 500. The number of hydrogen-bond donors (Lipinski definition) is 0. The summed E-state index contributed by atoms with van der Waals surface area (Å²) in [5, 5.41) is 0. The van der Waals surface area contributed by atoms with Crippen LogP contribution in [0, 0.1) is 0 Å². The van der Waals surface area contributed by atoms with E-state index >= 15 is 0 Å². The molecule has 18 heavy (non-hydrogen) atoms. The molecule has 0 bridgehead atoms. The summed E-state index contributed by atoms with van der Waals surface area (Å²) in [5.74, 6) is 0.906. The van der Waals surface area contributed by atoms with Gasteiger partial charge in [0.15, 0.2) is 0 Å². The second-order valence-corrected chi connectivity index (χ2v) is 6.76. The summed E-state index contributed by atoms with van der Waals surface area (Å²) < 4.78 is 5.78. The van der Waals surface area contributed by atoms with Crippen LogP contribution in [0.5, 0.6) is 5.75 Å². The van der Waals surface area contributed by atoms with Crippen molar-refractivity contribution < 1.29 is 4.74 Å². The summed E-state index contributed by atoms with van der Waals surface area (Å²) in [6.07, 6.45) is 0. The summed E-state index contributed by atoms with van der Waals surface area (Å²) in [5.41, 5.74) is 2.40. The van der Waals surface area contributed by atoms with Gasteiger partial charge in [-0.2, -0.15) is 0 Å². The Morgan fingerprint density at radius 1 is 1.00 bits per heavy atom. The summed E-state index contributed by atoms with van der Waals surface area (Å²) in [4.78, 5) is 0. The number of benzene rings is 2. The first-order valence-electron chi connectivity index (χ1n) is 6.02. The topological polar surface area (TPSA) is 9.23 Å². The van der Waals surface area contributed by atoms with Crippen LogP contribution in [0.25, 0.3) is 0 Å². The minimum Gasteiger partial charge on any atom is -0.489 e. The van der Waals surface area contributed by atoms with E-state index in [1.54, 1.807) is 0 Å². The lowest BCUT2D eigenvalue weighted by Crippen LogP contribution is -2.06. The number of rotatable bonds is 4. The maximum atomic E-state index is 5.81. The minimum absolute atomic E-state index is 0.0287. The maximum Gasteiger partial charge on any atom is 0.120 e. The van der Waals surface area contributed by atoms with Gasteiger partial charge in [0, 0.05) is 4.32 Å². The summed E-state index contributed by atoms with van der Waals surface area (Å²) in [7, 11) is 0. The maximum absolute atomic E-state index is 5.81. The van der Waals surface area contributed by atoms with Crippen molar-refractivity contribution in [2.24, 2.45) is 0 Å². The van der Waals surface area contributed by atoms with Crippen LogP contribution in [-0.2, 0) is 10.9 Å². The molecule has 0 radical (unpaired) electrons. The van der Waals surface area contributed by atoms with Crippen LogP contribution in [0.2, 0.25) is 0 Å². The van der Waals surface area contributed by atoms with Crippen LogP contribution >= 0.6 is 15.9 Å².